The molecule has 29 heavy (non-hydrogen) atoms. The van der Waals surface area contributed by atoms with Crippen LogP contribution in [0.25, 0.3) is 22.5 Å². The highest BCUT2D eigenvalue weighted by Crippen LogP contribution is 2.47. The molecule has 3 heterocycles. The van der Waals surface area contributed by atoms with Gasteiger partial charge in [0.2, 0.25) is 0 Å². The maximum absolute atomic E-state index is 5.00. The molecule has 0 amide bonds. The van der Waals surface area contributed by atoms with Gasteiger partial charge in [0, 0.05) is 23.5 Å². The summed E-state index contributed by atoms with van der Waals surface area (Å²) in [5.74, 6) is 0. The first-order chi connectivity index (χ1) is 14.3. The van der Waals surface area contributed by atoms with Gasteiger partial charge in [-0.2, -0.15) is 0 Å². The zero-order valence-corrected chi connectivity index (χ0v) is 18.5. The maximum Gasteiger partial charge on any atom is 0.138 e. The molecule has 0 fully saturated rings. The number of pyridine rings is 1. The van der Waals surface area contributed by atoms with E-state index >= 15 is 0 Å². The fourth-order valence-corrected chi connectivity index (χ4v) is 3.96. The van der Waals surface area contributed by atoms with Gasteiger partial charge >= 0.3 is 0 Å². The van der Waals surface area contributed by atoms with Gasteiger partial charge in [0.1, 0.15) is 11.7 Å². The lowest BCUT2D eigenvalue weighted by Gasteiger charge is -2.27. The zero-order valence-electron chi connectivity index (χ0n) is 18.5. The Kier molecular flexibility index (Phi) is 6.53. The van der Waals surface area contributed by atoms with Crippen molar-refractivity contribution >= 4 is 17.6 Å². The summed E-state index contributed by atoms with van der Waals surface area (Å²) in [6.45, 7) is 12.3. The molecule has 4 nitrogen and oxygen atoms in total. The Labute approximate surface area is 174 Å². The van der Waals surface area contributed by atoms with Crippen LogP contribution in [0.2, 0.25) is 0 Å². The lowest BCUT2D eigenvalue weighted by atomic mass is 9.84. The Hall–Kier alpha value is -2.88. The minimum absolute atomic E-state index is 0.00225. The SMILES string of the molecule is CC.CC.CCCc1ccn2c3c(nc2c1)-c1ccc(C)cc1C1=CNC=NC13. The van der Waals surface area contributed by atoms with Crippen molar-refractivity contribution in [3.8, 4) is 11.3 Å². The predicted molar refractivity (Wildman–Crippen MR) is 124 cm³/mol. The van der Waals surface area contributed by atoms with E-state index in [-0.39, 0.29) is 6.04 Å². The number of benzene rings is 1. The van der Waals surface area contributed by atoms with Gasteiger partial charge in [0.05, 0.1) is 17.7 Å². The van der Waals surface area contributed by atoms with Crippen molar-refractivity contribution in [2.75, 3.05) is 0 Å². The third-order valence-corrected chi connectivity index (χ3v) is 5.10. The van der Waals surface area contributed by atoms with Gasteiger partial charge in [-0.05, 0) is 36.6 Å². The van der Waals surface area contributed by atoms with Gasteiger partial charge in [0.25, 0.3) is 0 Å². The van der Waals surface area contributed by atoms with Crippen LogP contribution in [0.1, 0.15) is 69.5 Å². The van der Waals surface area contributed by atoms with Crippen molar-refractivity contribution in [3.63, 3.8) is 0 Å². The van der Waals surface area contributed by atoms with Crippen LogP contribution in [0.5, 0.6) is 0 Å². The molecule has 0 spiro atoms. The number of hydrogen-bond acceptors (Lipinski definition) is 3. The highest BCUT2D eigenvalue weighted by Gasteiger charge is 2.33. The largest absolute Gasteiger partial charge is 0.353 e. The van der Waals surface area contributed by atoms with Gasteiger partial charge in [-0.3, -0.25) is 4.99 Å². The summed E-state index contributed by atoms with van der Waals surface area (Å²) < 4.78 is 2.21. The van der Waals surface area contributed by atoms with Gasteiger partial charge in [0.15, 0.2) is 0 Å². The molecule has 152 valence electrons. The summed E-state index contributed by atoms with van der Waals surface area (Å²) in [5.41, 5.74) is 9.48. The Balaban J connectivity index is 0.000000568. The van der Waals surface area contributed by atoms with Crippen molar-refractivity contribution in [1.82, 2.24) is 14.7 Å². The number of aryl methyl sites for hydroxylation is 2. The summed E-state index contributed by atoms with van der Waals surface area (Å²) in [6, 6.07) is 11.0. The molecule has 5 rings (SSSR count). The third-order valence-electron chi connectivity index (χ3n) is 5.10. The van der Waals surface area contributed by atoms with E-state index in [0.29, 0.717) is 0 Å². The molecule has 1 unspecified atom stereocenters. The second kappa shape index (κ2) is 9.08. The molecule has 0 saturated carbocycles. The smallest absolute Gasteiger partial charge is 0.138 e. The van der Waals surface area contributed by atoms with Crippen LogP contribution in [0.15, 0.2) is 47.7 Å². The molecule has 2 aromatic heterocycles. The Morgan fingerprint density at radius 2 is 1.83 bits per heavy atom. The molecule has 2 aliphatic rings. The van der Waals surface area contributed by atoms with Gasteiger partial charge < -0.3 is 9.72 Å². The van der Waals surface area contributed by atoms with E-state index < -0.39 is 0 Å². The quantitative estimate of drug-likeness (QED) is 0.556. The number of fused-ring (bicyclic) bond motifs is 8. The Morgan fingerprint density at radius 3 is 2.59 bits per heavy atom. The van der Waals surface area contributed by atoms with Crippen LogP contribution in [0, 0.1) is 6.92 Å². The van der Waals surface area contributed by atoms with Gasteiger partial charge in [-0.25, -0.2) is 4.98 Å². The van der Waals surface area contributed by atoms with E-state index in [1.807, 2.05) is 27.7 Å². The highest BCUT2D eigenvalue weighted by molar-refractivity contribution is 5.92. The van der Waals surface area contributed by atoms with Gasteiger partial charge in [-0.1, -0.05) is 64.8 Å². The van der Waals surface area contributed by atoms with Crippen molar-refractivity contribution in [3.05, 3.63) is 65.1 Å². The van der Waals surface area contributed by atoms with E-state index in [0.717, 1.165) is 24.2 Å². The number of aromatic nitrogens is 2. The summed E-state index contributed by atoms with van der Waals surface area (Å²) in [4.78, 5) is 9.74. The fraction of sp³-hybridized carbons (Fsp3) is 0.360. The third kappa shape index (κ3) is 3.59. The molecule has 0 radical (unpaired) electrons. The highest BCUT2D eigenvalue weighted by atomic mass is 15.1. The summed E-state index contributed by atoms with van der Waals surface area (Å²) >= 11 is 0. The monoisotopic (exact) mass is 388 g/mol. The second-order valence-corrected chi connectivity index (χ2v) is 6.85. The van der Waals surface area contributed by atoms with Crippen LogP contribution in [0.4, 0.5) is 0 Å². The number of aliphatic imine (C=N–C) groups is 1. The molecule has 1 aromatic carbocycles. The minimum Gasteiger partial charge on any atom is -0.353 e. The molecule has 1 aliphatic carbocycles. The van der Waals surface area contributed by atoms with E-state index in [1.165, 1.54) is 33.5 Å². The first kappa shape index (κ1) is 20.8. The molecule has 0 saturated heterocycles. The van der Waals surface area contributed by atoms with Crippen LogP contribution >= 0.6 is 0 Å². The molecule has 4 heteroatoms. The van der Waals surface area contributed by atoms with Crippen LogP contribution in [0.3, 0.4) is 0 Å². The first-order valence-corrected chi connectivity index (χ1v) is 10.9. The fourth-order valence-electron chi connectivity index (χ4n) is 3.96. The molecular weight excluding hydrogens is 356 g/mol. The summed E-state index contributed by atoms with van der Waals surface area (Å²) in [7, 11) is 0. The molecule has 1 atom stereocenters. The van der Waals surface area contributed by atoms with Crippen LogP contribution in [-0.2, 0) is 6.42 Å². The van der Waals surface area contributed by atoms with E-state index in [2.05, 4.69) is 66.3 Å². The number of imidazole rings is 1. The van der Waals surface area contributed by atoms with Gasteiger partial charge in [-0.15, -0.1) is 0 Å². The summed E-state index contributed by atoms with van der Waals surface area (Å²) in [5, 5.41) is 3.16. The summed E-state index contributed by atoms with van der Waals surface area (Å²) in [6.07, 6.45) is 8.23. The molecule has 1 aliphatic heterocycles. The van der Waals surface area contributed by atoms with Crippen molar-refractivity contribution in [1.29, 1.82) is 0 Å². The topological polar surface area (TPSA) is 41.7 Å². The standard InChI is InChI=1S/C21H20N4.2C2H6/c1-3-4-14-7-8-25-18(10-14)24-20-15-6-5-13(2)9-16(15)17-11-22-12-23-19(17)21(20)25;2*1-2/h5-12,19H,3-4H2,1-2H3,(H,22,23);2*1-2H3. The molecule has 1 N–H and O–H groups in total. The Morgan fingerprint density at radius 1 is 1.03 bits per heavy atom. The van der Waals surface area contributed by atoms with Crippen molar-refractivity contribution in [2.45, 2.75) is 60.4 Å². The van der Waals surface area contributed by atoms with E-state index in [1.54, 1.807) is 6.34 Å². The second-order valence-electron chi connectivity index (χ2n) is 6.85. The number of rotatable bonds is 2. The lowest BCUT2D eigenvalue weighted by Crippen LogP contribution is -2.18. The average molecular weight is 389 g/mol. The molecule has 3 aromatic rings. The number of nitrogens with one attached hydrogen (secondary N) is 1. The molecule has 0 bridgehead atoms. The first-order valence-electron chi connectivity index (χ1n) is 10.9. The van der Waals surface area contributed by atoms with E-state index in [9.17, 15) is 0 Å². The average Bonchev–Trinajstić information content (AvgIpc) is 3.16. The zero-order chi connectivity index (χ0) is 21.0. The normalized spacial score (nSPS) is 15.5. The van der Waals surface area contributed by atoms with Crippen LogP contribution in [-0.4, -0.2) is 15.7 Å². The number of hydrogen-bond donors (Lipinski definition) is 1. The van der Waals surface area contributed by atoms with Crippen molar-refractivity contribution in [2.24, 2.45) is 4.99 Å². The molecular formula is C25H32N4. The number of nitrogens with zero attached hydrogens (tertiary/aromatic N) is 3. The van der Waals surface area contributed by atoms with Crippen LogP contribution < -0.4 is 5.32 Å². The maximum atomic E-state index is 5.00. The predicted octanol–water partition coefficient (Wildman–Crippen LogP) is 6.34. The van der Waals surface area contributed by atoms with Crippen molar-refractivity contribution < 1.29 is 0 Å². The lowest BCUT2D eigenvalue weighted by molar-refractivity contribution is 0.838. The minimum atomic E-state index is -0.00225. The Bertz CT molecular complexity index is 1060. The van der Waals surface area contributed by atoms with E-state index in [4.69, 9.17) is 9.98 Å².